The van der Waals surface area contributed by atoms with E-state index >= 15 is 0 Å². The van der Waals surface area contributed by atoms with E-state index in [9.17, 15) is 4.79 Å². The van der Waals surface area contributed by atoms with Crippen LogP contribution in [0.1, 0.15) is 58.8 Å². The van der Waals surface area contributed by atoms with Crippen LogP contribution < -0.4 is 5.32 Å². The number of hydrogen-bond donors (Lipinski definition) is 1. The molecule has 32 heavy (non-hydrogen) atoms. The van der Waals surface area contributed by atoms with Crippen LogP contribution in [-0.4, -0.2) is 51.5 Å². The van der Waals surface area contributed by atoms with Crippen LogP contribution in [0, 0.1) is 16.7 Å². The topological polar surface area (TPSA) is 63.1 Å². The molecule has 1 amide bonds. The zero-order valence-corrected chi connectivity index (χ0v) is 21.4. The first kappa shape index (κ1) is 23.6. The third kappa shape index (κ3) is 3.97. The molecule has 8 heteroatoms. The fourth-order valence-corrected chi connectivity index (χ4v) is 6.39. The van der Waals surface area contributed by atoms with Crippen LogP contribution in [0.3, 0.4) is 0 Å². The SMILES string of the molecule is CC(c1nnc(SCC(=O)NC2CC3CCC2(C)C3(C)C)n1-c1ccc(Cl)cc1)N(C)C. The Hall–Kier alpha value is -1.57. The van der Waals surface area contributed by atoms with Gasteiger partial charge in [-0.2, -0.15) is 0 Å². The molecule has 1 N–H and O–H groups in total. The summed E-state index contributed by atoms with van der Waals surface area (Å²) in [6.45, 7) is 9.18. The first-order valence-electron chi connectivity index (χ1n) is 11.3. The zero-order chi connectivity index (χ0) is 23.3. The number of fused-ring (bicyclic) bond motifs is 2. The molecule has 1 aromatic carbocycles. The Morgan fingerprint density at radius 3 is 2.53 bits per heavy atom. The molecule has 1 heterocycles. The Morgan fingerprint density at radius 2 is 1.97 bits per heavy atom. The molecule has 0 aliphatic heterocycles. The summed E-state index contributed by atoms with van der Waals surface area (Å²) in [5, 5.41) is 13.6. The molecular formula is C24H34ClN5OS. The van der Waals surface area contributed by atoms with Gasteiger partial charge in [-0.05, 0) is 81.3 Å². The predicted octanol–water partition coefficient (Wildman–Crippen LogP) is 4.97. The summed E-state index contributed by atoms with van der Waals surface area (Å²) in [5.41, 5.74) is 1.40. The summed E-state index contributed by atoms with van der Waals surface area (Å²) in [6.07, 6.45) is 3.56. The largest absolute Gasteiger partial charge is 0.352 e. The Labute approximate surface area is 200 Å². The van der Waals surface area contributed by atoms with Crippen molar-refractivity contribution < 1.29 is 4.79 Å². The van der Waals surface area contributed by atoms with Gasteiger partial charge >= 0.3 is 0 Å². The van der Waals surface area contributed by atoms with Crippen LogP contribution in [-0.2, 0) is 4.79 Å². The number of hydrogen-bond acceptors (Lipinski definition) is 5. The number of halogens is 1. The number of rotatable bonds is 7. The van der Waals surface area contributed by atoms with Gasteiger partial charge in [0.2, 0.25) is 5.91 Å². The quantitative estimate of drug-likeness (QED) is 0.573. The molecule has 0 saturated heterocycles. The second-order valence-electron chi connectivity index (χ2n) is 10.3. The third-order valence-corrected chi connectivity index (χ3v) is 9.53. The first-order valence-corrected chi connectivity index (χ1v) is 12.7. The first-order chi connectivity index (χ1) is 15.0. The van der Waals surface area contributed by atoms with Gasteiger partial charge in [0.05, 0.1) is 11.8 Å². The van der Waals surface area contributed by atoms with Gasteiger partial charge in [0, 0.05) is 16.8 Å². The van der Waals surface area contributed by atoms with E-state index in [1.807, 2.05) is 42.9 Å². The Bertz CT molecular complexity index is 989. The lowest BCUT2D eigenvalue weighted by molar-refractivity contribution is -0.120. The highest BCUT2D eigenvalue weighted by Crippen LogP contribution is 2.65. The minimum atomic E-state index is 0.0671. The van der Waals surface area contributed by atoms with Crippen molar-refractivity contribution in [3.8, 4) is 5.69 Å². The number of nitrogens with one attached hydrogen (secondary N) is 1. The maximum atomic E-state index is 12.9. The Balaban J connectivity index is 1.50. The van der Waals surface area contributed by atoms with E-state index in [2.05, 4.69) is 48.1 Å². The highest BCUT2D eigenvalue weighted by molar-refractivity contribution is 7.99. The number of amides is 1. The van der Waals surface area contributed by atoms with E-state index in [0.717, 1.165) is 17.9 Å². The van der Waals surface area contributed by atoms with E-state index in [-0.39, 0.29) is 28.8 Å². The summed E-state index contributed by atoms with van der Waals surface area (Å²) >= 11 is 7.53. The molecule has 4 unspecified atom stereocenters. The number of carbonyl (C=O) groups is 1. The van der Waals surface area contributed by atoms with E-state index < -0.39 is 0 Å². The standard InChI is InChI=1S/C24H34ClN5OS/c1-15(29(5)6)21-27-28-22(30(21)18-9-7-17(25)8-10-18)32-14-20(31)26-19-13-16-11-12-24(19,4)23(16,2)3/h7-10,15-16,19H,11-14H2,1-6H3,(H,26,31). The van der Waals surface area contributed by atoms with E-state index in [4.69, 9.17) is 11.6 Å². The molecule has 2 bridgehead atoms. The third-order valence-electron chi connectivity index (χ3n) is 8.35. The minimum absolute atomic E-state index is 0.0671. The summed E-state index contributed by atoms with van der Waals surface area (Å²) in [4.78, 5) is 15.0. The molecule has 6 nitrogen and oxygen atoms in total. The van der Waals surface area contributed by atoms with Crippen molar-refractivity contribution in [3.63, 3.8) is 0 Å². The maximum Gasteiger partial charge on any atom is 0.230 e. The number of thioether (sulfide) groups is 1. The van der Waals surface area contributed by atoms with Crippen LogP contribution in [0.5, 0.6) is 0 Å². The molecule has 0 radical (unpaired) electrons. The van der Waals surface area contributed by atoms with Crippen LogP contribution in [0.4, 0.5) is 0 Å². The lowest BCUT2D eigenvalue weighted by atomic mass is 9.69. The molecule has 4 rings (SSSR count). The second kappa shape index (κ2) is 8.65. The van der Waals surface area contributed by atoms with Gasteiger partial charge in [0.1, 0.15) is 0 Å². The van der Waals surface area contributed by atoms with E-state index in [0.29, 0.717) is 21.8 Å². The average molecular weight is 476 g/mol. The van der Waals surface area contributed by atoms with Crippen molar-refractivity contribution in [1.29, 1.82) is 0 Å². The van der Waals surface area contributed by atoms with Gasteiger partial charge in [-0.15, -0.1) is 10.2 Å². The fraction of sp³-hybridized carbons (Fsp3) is 0.625. The smallest absolute Gasteiger partial charge is 0.230 e. The molecule has 4 atom stereocenters. The van der Waals surface area contributed by atoms with Crippen LogP contribution in [0.15, 0.2) is 29.4 Å². The van der Waals surface area contributed by atoms with Crippen molar-refractivity contribution in [2.45, 2.75) is 64.2 Å². The van der Waals surface area contributed by atoms with Crippen LogP contribution >= 0.6 is 23.4 Å². The molecule has 2 aromatic rings. The molecule has 2 fully saturated rings. The Morgan fingerprint density at radius 1 is 1.28 bits per heavy atom. The number of nitrogens with zero attached hydrogens (tertiary/aromatic N) is 4. The summed E-state index contributed by atoms with van der Waals surface area (Å²) in [5.74, 6) is 1.92. The van der Waals surface area contributed by atoms with Crippen molar-refractivity contribution in [2.75, 3.05) is 19.8 Å². The number of carbonyl (C=O) groups excluding carboxylic acids is 1. The summed E-state index contributed by atoms with van der Waals surface area (Å²) in [6, 6.07) is 7.96. The fourth-order valence-electron chi connectivity index (χ4n) is 5.50. The van der Waals surface area contributed by atoms with Crippen molar-refractivity contribution in [1.82, 2.24) is 25.0 Å². The summed E-state index contributed by atoms with van der Waals surface area (Å²) in [7, 11) is 4.03. The van der Waals surface area contributed by atoms with Crippen LogP contribution in [0.2, 0.25) is 5.02 Å². The normalized spacial score (nSPS) is 27.1. The van der Waals surface area contributed by atoms with E-state index in [1.54, 1.807) is 0 Å². The van der Waals surface area contributed by atoms with Gasteiger partial charge in [-0.1, -0.05) is 44.1 Å². The molecule has 2 aliphatic carbocycles. The van der Waals surface area contributed by atoms with Gasteiger partial charge in [0.15, 0.2) is 11.0 Å². The molecule has 2 saturated carbocycles. The number of benzene rings is 1. The lowest BCUT2D eigenvalue weighted by Gasteiger charge is -2.39. The van der Waals surface area contributed by atoms with Crippen molar-refractivity contribution >= 4 is 29.3 Å². The highest BCUT2D eigenvalue weighted by atomic mass is 35.5. The van der Waals surface area contributed by atoms with Gasteiger partial charge < -0.3 is 5.32 Å². The second-order valence-corrected chi connectivity index (χ2v) is 11.7. The minimum Gasteiger partial charge on any atom is -0.352 e. The maximum absolute atomic E-state index is 12.9. The Kier molecular flexibility index (Phi) is 6.38. The van der Waals surface area contributed by atoms with Crippen molar-refractivity contribution in [3.05, 3.63) is 35.1 Å². The van der Waals surface area contributed by atoms with E-state index in [1.165, 1.54) is 24.6 Å². The predicted molar refractivity (Wildman–Crippen MR) is 130 cm³/mol. The number of aromatic nitrogens is 3. The molecule has 174 valence electrons. The van der Waals surface area contributed by atoms with Gasteiger partial charge in [-0.25, -0.2) is 0 Å². The molecular weight excluding hydrogens is 442 g/mol. The lowest BCUT2D eigenvalue weighted by Crippen LogP contribution is -2.47. The molecule has 1 aromatic heterocycles. The molecule has 2 aliphatic rings. The summed E-state index contributed by atoms with van der Waals surface area (Å²) < 4.78 is 2.03. The zero-order valence-electron chi connectivity index (χ0n) is 19.9. The monoisotopic (exact) mass is 475 g/mol. The van der Waals surface area contributed by atoms with Crippen molar-refractivity contribution in [2.24, 2.45) is 16.7 Å². The van der Waals surface area contributed by atoms with Gasteiger partial charge in [0.25, 0.3) is 0 Å². The highest BCUT2D eigenvalue weighted by Gasteiger charge is 2.61. The molecule has 0 spiro atoms. The average Bonchev–Trinajstić information content (AvgIpc) is 3.31. The van der Waals surface area contributed by atoms with Crippen LogP contribution in [0.25, 0.3) is 5.69 Å². The van der Waals surface area contributed by atoms with Gasteiger partial charge in [-0.3, -0.25) is 14.3 Å².